The van der Waals surface area contributed by atoms with Gasteiger partial charge in [-0.05, 0) is 31.0 Å². The number of carbonyl (C=O) groups is 1. The summed E-state index contributed by atoms with van der Waals surface area (Å²) in [5.41, 5.74) is 2.16. The van der Waals surface area contributed by atoms with Gasteiger partial charge in [-0.3, -0.25) is 4.79 Å². The summed E-state index contributed by atoms with van der Waals surface area (Å²) in [5.74, 6) is 0.418. The third-order valence-corrected chi connectivity index (χ3v) is 4.01. The minimum Gasteiger partial charge on any atom is -0.385 e. The van der Waals surface area contributed by atoms with Crippen molar-refractivity contribution in [2.75, 3.05) is 26.0 Å². The van der Waals surface area contributed by atoms with Gasteiger partial charge < -0.3 is 10.1 Å². The topological polar surface area (TPSA) is 51.2 Å². The van der Waals surface area contributed by atoms with Crippen molar-refractivity contribution >= 4 is 28.6 Å². The van der Waals surface area contributed by atoms with Gasteiger partial charge in [0.25, 0.3) is 0 Å². The van der Waals surface area contributed by atoms with Gasteiger partial charge in [0.1, 0.15) is 0 Å². The lowest BCUT2D eigenvalue weighted by atomic mass is 10.1. The summed E-state index contributed by atoms with van der Waals surface area (Å²) in [6, 6.07) is 10.1. The lowest BCUT2D eigenvalue weighted by Crippen LogP contribution is -2.26. The van der Waals surface area contributed by atoms with E-state index in [1.807, 2.05) is 24.3 Å². The number of ether oxygens (including phenoxy) is 1. The van der Waals surface area contributed by atoms with E-state index in [4.69, 9.17) is 4.74 Å². The zero-order valence-corrected chi connectivity index (χ0v) is 13.2. The van der Waals surface area contributed by atoms with Crippen molar-refractivity contribution in [3.8, 4) is 0 Å². The predicted molar refractivity (Wildman–Crippen MR) is 86.7 cm³/mol. The van der Waals surface area contributed by atoms with Crippen LogP contribution in [0.4, 0.5) is 0 Å². The predicted octanol–water partition coefficient (Wildman–Crippen LogP) is 2.79. The molecule has 0 saturated heterocycles. The quantitative estimate of drug-likeness (QED) is 0.631. The number of aromatic nitrogens is 1. The van der Waals surface area contributed by atoms with E-state index in [9.17, 15) is 4.79 Å². The van der Waals surface area contributed by atoms with Crippen molar-refractivity contribution in [3.05, 3.63) is 35.9 Å². The Labute approximate surface area is 129 Å². The number of carbonyl (C=O) groups excluding carboxylic acids is 1. The minimum absolute atomic E-state index is 0.0312. The van der Waals surface area contributed by atoms with E-state index in [1.54, 1.807) is 7.11 Å². The molecule has 0 aliphatic heterocycles. The number of benzene rings is 1. The molecular weight excluding hydrogens is 284 g/mol. The van der Waals surface area contributed by atoms with Gasteiger partial charge in [-0.15, -0.1) is 0 Å². The first-order valence-corrected chi connectivity index (χ1v) is 7.94. The monoisotopic (exact) mass is 304 g/mol. The average Bonchev–Trinajstić information content (AvgIpc) is 2.50. The molecule has 0 saturated carbocycles. The van der Waals surface area contributed by atoms with Gasteiger partial charge >= 0.3 is 0 Å². The van der Waals surface area contributed by atoms with Crippen LogP contribution in [0, 0.1) is 6.92 Å². The van der Waals surface area contributed by atoms with Crippen LogP contribution < -0.4 is 5.32 Å². The van der Waals surface area contributed by atoms with E-state index in [2.05, 4.69) is 23.3 Å². The summed E-state index contributed by atoms with van der Waals surface area (Å²) in [7, 11) is 1.66. The maximum absolute atomic E-state index is 11.7. The molecule has 0 aliphatic rings. The molecule has 0 atom stereocenters. The molecule has 112 valence electrons. The van der Waals surface area contributed by atoms with Crippen LogP contribution in [0.5, 0.6) is 0 Å². The molecule has 1 aromatic carbocycles. The summed E-state index contributed by atoms with van der Waals surface area (Å²) in [6.45, 7) is 3.38. The number of hydrogen-bond donors (Lipinski definition) is 1. The Morgan fingerprint density at radius 1 is 1.38 bits per heavy atom. The Morgan fingerprint density at radius 2 is 2.19 bits per heavy atom. The van der Waals surface area contributed by atoms with Gasteiger partial charge in [-0.25, -0.2) is 4.98 Å². The number of hydrogen-bond acceptors (Lipinski definition) is 4. The maximum atomic E-state index is 11.7. The highest BCUT2D eigenvalue weighted by atomic mass is 32.2. The highest BCUT2D eigenvalue weighted by Crippen LogP contribution is 2.23. The van der Waals surface area contributed by atoms with E-state index in [1.165, 1.54) is 17.3 Å². The molecular formula is C16H20N2O2S. The second kappa shape index (κ2) is 8.00. The number of fused-ring (bicyclic) bond motifs is 1. The lowest BCUT2D eigenvalue weighted by molar-refractivity contribution is -0.118. The zero-order valence-electron chi connectivity index (χ0n) is 12.4. The van der Waals surface area contributed by atoms with Gasteiger partial charge in [0.15, 0.2) is 0 Å². The fraction of sp³-hybridized carbons (Fsp3) is 0.375. The Bertz CT molecular complexity index is 616. The summed E-state index contributed by atoms with van der Waals surface area (Å²) >= 11 is 1.47. The van der Waals surface area contributed by atoms with Crippen molar-refractivity contribution in [2.45, 2.75) is 18.4 Å². The Balaban J connectivity index is 1.90. The van der Waals surface area contributed by atoms with Gasteiger partial charge in [0.2, 0.25) is 5.91 Å². The number of methoxy groups -OCH3 is 1. The first-order valence-electron chi connectivity index (χ1n) is 6.95. The van der Waals surface area contributed by atoms with E-state index < -0.39 is 0 Å². The number of para-hydroxylation sites is 1. The van der Waals surface area contributed by atoms with E-state index >= 15 is 0 Å². The van der Waals surface area contributed by atoms with Crippen LogP contribution in [0.1, 0.15) is 12.0 Å². The van der Waals surface area contributed by atoms with Crippen molar-refractivity contribution in [3.63, 3.8) is 0 Å². The number of thioether (sulfide) groups is 1. The van der Waals surface area contributed by atoms with Crippen LogP contribution in [0.3, 0.4) is 0 Å². The molecule has 0 radical (unpaired) electrons. The number of pyridine rings is 1. The number of aryl methyl sites for hydroxylation is 1. The van der Waals surface area contributed by atoms with Crippen LogP contribution >= 0.6 is 11.8 Å². The van der Waals surface area contributed by atoms with Gasteiger partial charge in [-0.1, -0.05) is 30.0 Å². The normalized spacial score (nSPS) is 10.8. The Hall–Kier alpha value is -1.59. The molecule has 1 heterocycles. The maximum Gasteiger partial charge on any atom is 0.230 e. The van der Waals surface area contributed by atoms with E-state index in [0.717, 1.165) is 22.3 Å². The van der Waals surface area contributed by atoms with Crippen molar-refractivity contribution in [1.82, 2.24) is 10.3 Å². The highest BCUT2D eigenvalue weighted by molar-refractivity contribution is 7.99. The molecule has 5 heteroatoms. The molecule has 1 N–H and O–H groups in total. The molecule has 1 amide bonds. The Morgan fingerprint density at radius 3 is 3.00 bits per heavy atom. The Kier molecular flexibility index (Phi) is 6.02. The zero-order chi connectivity index (χ0) is 15.1. The SMILES string of the molecule is COCCCNC(=O)CSc1cc(C)c2ccccc2n1. The molecule has 0 bridgehead atoms. The molecule has 0 unspecified atom stereocenters. The first-order chi connectivity index (χ1) is 10.2. The van der Waals surface area contributed by atoms with E-state index in [0.29, 0.717) is 18.9 Å². The number of nitrogens with one attached hydrogen (secondary N) is 1. The summed E-state index contributed by atoms with van der Waals surface area (Å²) in [5, 5.41) is 4.92. The molecule has 0 fully saturated rings. The van der Waals surface area contributed by atoms with Crippen molar-refractivity contribution in [2.24, 2.45) is 0 Å². The van der Waals surface area contributed by atoms with E-state index in [-0.39, 0.29) is 5.91 Å². The minimum atomic E-state index is 0.0312. The fourth-order valence-electron chi connectivity index (χ4n) is 2.03. The molecule has 0 aliphatic carbocycles. The van der Waals surface area contributed by atoms with Crippen LogP contribution in [0.2, 0.25) is 0 Å². The summed E-state index contributed by atoms with van der Waals surface area (Å²) in [4.78, 5) is 16.3. The van der Waals surface area contributed by atoms with Gasteiger partial charge in [0, 0.05) is 25.6 Å². The summed E-state index contributed by atoms with van der Waals surface area (Å²) < 4.78 is 4.94. The molecule has 2 rings (SSSR count). The number of rotatable bonds is 7. The standard InChI is InChI=1S/C16H20N2O2S/c1-12-10-16(18-14-7-4-3-6-13(12)14)21-11-15(19)17-8-5-9-20-2/h3-4,6-7,10H,5,8-9,11H2,1-2H3,(H,17,19). The summed E-state index contributed by atoms with van der Waals surface area (Å²) in [6.07, 6.45) is 0.834. The lowest BCUT2D eigenvalue weighted by Gasteiger charge is -2.07. The highest BCUT2D eigenvalue weighted by Gasteiger charge is 2.06. The molecule has 4 nitrogen and oxygen atoms in total. The van der Waals surface area contributed by atoms with Crippen molar-refractivity contribution < 1.29 is 9.53 Å². The molecule has 21 heavy (non-hydrogen) atoms. The average molecular weight is 304 g/mol. The van der Waals surface area contributed by atoms with Crippen LogP contribution in [0.15, 0.2) is 35.4 Å². The van der Waals surface area contributed by atoms with Crippen LogP contribution in [-0.2, 0) is 9.53 Å². The van der Waals surface area contributed by atoms with Crippen LogP contribution in [0.25, 0.3) is 10.9 Å². The third-order valence-electron chi connectivity index (χ3n) is 3.10. The molecule has 0 spiro atoms. The largest absolute Gasteiger partial charge is 0.385 e. The van der Waals surface area contributed by atoms with Crippen molar-refractivity contribution in [1.29, 1.82) is 0 Å². The second-order valence-electron chi connectivity index (χ2n) is 4.78. The first kappa shape index (κ1) is 15.8. The molecule has 1 aromatic heterocycles. The van der Waals surface area contributed by atoms with Gasteiger partial charge in [-0.2, -0.15) is 0 Å². The van der Waals surface area contributed by atoms with Gasteiger partial charge in [0.05, 0.1) is 16.3 Å². The fourth-order valence-corrected chi connectivity index (χ4v) is 2.83. The second-order valence-corrected chi connectivity index (χ2v) is 5.78. The number of nitrogens with zero attached hydrogens (tertiary/aromatic N) is 1. The number of amides is 1. The van der Waals surface area contributed by atoms with Crippen LogP contribution in [-0.4, -0.2) is 36.9 Å². The smallest absolute Gasteiger partial charge is 0.230 e. The third kappa shape index (κ3) is 4.72. The molecule has 2 aromatic rings.